The van der Waals surface area contributed by atoms with Crippen LogP contribution in [0.5, 0.6) is 0 Å². The van der Waals surface area contributed by atoms with Crippen LogP contribution in [0.1, 0.15) is 37.5 Å². The van der Waals surface area contributed by atoms with Crippen molar-refractivity contribution < 1.29 is 0 Å². The Morgan fingerprint density at radius 3 is 1.27 bits per heavy atom. The van der Waals surface area contributed by atoms with Crippen LogP contribution in [-0.2, 0) is 5.41 Å². The summed E-state index contributed by atoms with van der Waals surface area (Å²) in [6.45, 7) is 6.79. The summed E-state index contributed by atoms with van der Waals surface area (Å²) in [5.74, 6) is 0. The summed E-state index contributed by atoms with van der Waals surface area (Å²) in [6, 6.07) is 72.5. The van der Waals surface area contributed by atoms with E-state index in [0.717, 1.165) is 45.3 Å². The van der Waals surface area contributed by atoms with Crippen LogP contribution in [0.15, 0.2) is 200 Å². The van der Waals surface area contributed by atoms with Crippen molar-refractivity contribution in [1.82, 2.24) is 0 Å². The second-order valence-electron chi connectivity index (χ2n) is 15.5. The fourth-order valence-electron chi connectivity index (χ4n) is 7.68. The van der Waals surface area contributed by atoms with Crippen molar-refractivity contribution >= 4 is 78.6 Å². The molecule has 0 radical (unpaired) electrons. The monoisotopic (exact) mass is 720 g/mol. The number of hydrogen-bond acceptors (Lipinski definition) is 2. The van der Waals surface area contributed by atoms with Gasteiger partial charge in [0.15, 0.2) is 0 Å². The van der Waals surface area contributed by atoms with Gasteiger partial charge in [-0.1, -0.05) is 166 Å². The molecule has 0 aliphatic heterocycles. The molecule has 56 heavy (non-hydrogen) atoms. The largest absolute Gasteiger partial charge is 0.310 e. The Labute approximate surface area is 330 Å². The second kappa shape index (κ2) is 14.7. The molecule has 0 aliphatic rings. The minimum atomic E-state index is 0.0882. The smallest absolute Gasteiger partial charge is 0.0540 e. The third kappa shape index (κ3) is 7.06. The first kappa shape index (κ1) is 34.8. The van der Waals surface area contributed by atoms with Crippen molar-refractivity contribution in [2.45, 2.75) is 26.2 Å². The highest BCUT2D eigenvalue weighted by molar-refractivity contribution is 5.99. The summed E-state index contributed by atoms with van der Waals surface area (Å²) in [7, 11) is 0. The molecule has 0 atom stereocenters. The van der Waals surface area contributed by atoms with E-state index in [2.05, 4.69) is 243 Å². The van der Waals surface area contributed by atoms with Gasteiger partial charge in [-0.25, -0.2) is 0 Å². The van der Waals surface area contributed by atoms with Gasteiger partial charge in [-0.3, -0.25) is 0 Å². The molecule has 2 nitrogen and oxygen atoms in total. The molecular weight excluding hydrogens is 677 g/mol. The molecule has 2 heteroatoms. The Kier molecular flexibility index (Phi) is 9.17. The van der Waals surface area contributed by atoms with Gasteiger partial charge in [0.05, 0.1) is 5.69 Å². The van der Waals surface area contributed by atoms with Crippen LogP contribution in [0.4, 0.5) is 34.1 Å². The molecule has 0 heterocycles. The van der Waals surface area contributed by atoms with Crippen molar-refractivity contribution in [2.24, 2.45) is 0 Å². The zero-order valence-electron chi connectivity index (χ0n) is 32.1. The lowest BCUT2D eigenvalue weighted by molar-refractivity contribution is 0.590. The van der Waals surface area contributed by atoms with E-state index in [0.29, 0.717) is 0 Å². The molecule has 0 fully saturated rings. The third-order valence-electron chi connectivity index (χ3n) is 10.8. The Bertz CT molecular complexity index is 2740. The van der Waals surface area contributed by atoms with Crippen LogP contribution < -0.4 is 9.80 Å². The highest BCUT2D eigenvalue weighted by atomic mass is 15.1. The number of benzene rings is 9. The van der Waals surface area contributed by atoms with E-state index in [4.69, 9.17) is 0 Å². The number of nitrogens with zero attached hydrogens (tertiary/aromatic N) is 2. The first-order valence-electron chi connectivity index (χ1n) is 19.4. The van der Waals surface area contributed by atoms with E-state index >= 15 is 0 Å². The lowest BCUT2D eigenvalue weighted by Crippen LogP contribution is -2.13. The van der Waals surface area contributed by atoms with Gasteiger partial charge in [0.1, 0.15) is 0 Å². The van der Waals surface area contributed by atoms with Gasteiger partial charge >= 0.3 is 0 Å². The lowest BCUT2D eigenvalue weighted by atomic mass is 9.87. The van der Waals surface area contributed by atoms with Crippen molar-refractivity contribution in [3.8, 4) is 0 Å². The Hall–Kier alpha value is -6.90. The normalized spacial score (nSPS) is 11.8. The zero-order valence-corrected chi connectivity index (χ0v) is 32.1. The zero-order chi connectivity index (χ0) is 38.1. The average Bonchev–Trinajstić information content (AvgIpc) is 3.24. The molecule has 270 valence electrons. The van der Waals surface area contributed by atoms with Gasteiger partial charge in [-0.2, -0.15) is 0 Å². The van der Waals surface area contributed by atoms with E-state index < -0.39 is 0 Å². The maximum Gasteiger partial charge on any atom is 0.0540 e. The SMILES string of the molecule is CC(C)(C)c1ccc(N(c2ccc(C=Cc3ccc(N(c4ccc5ccccc5c4)c4ccc5ccccc5c4)cc3)cc2)c2cccc3ccccc23)cc1. The molecule has 9 aromatic carbocycles. The van der Waals surface area contributed by atoms with Crippen LogP contribution in [-0.4, -0.2) is 0 Å². The van der Waals surface area contributed by atoms with E-state index in [9.17, 15) is 0 Å². The first-order chi connectivity index (χ1) is 27.4. The lowest BCUT2D eigenvalue weighted by Gasteiger charge is -2.28. The number of fused-ring (bicyclic) bond motifs is 3. The fraction of sp³-hybridized carbons (Fsp3) is 0.0741. The molecule has 0 saturated carbocycles. The predicted molar refractivity (Wildman–Crippen MR) is 242 cm³/mol. The highest BCUT2D eigenvalue weighted by Crippen LogP contribution is 2.41. The maximum atomic E-state index is 2.37. The van der Waals surface area contributed by atoms with Crippen LogP contribution in [0.25, 0.3) is 44.5 Å². The van der Waals surface area contributed by atoms with Crippen LogP contribution in [0.3, 0.4) is 0 Å². The summed E-state index contributed by atoms with van der Waals surface area (Å²) in [5, 5.41) is 7.37. The molecule has 0 spiro atoms. The molecule has 9 rings (SSSR count). The van der Waals surface area contributed by atoms with Crippen molar-refractivity contribution in [3.05, 3.63) is 217 Å². The Morgan fingerprint density at radius 2 is 0.750 bits per heavy atom. The van der Waals surface area contributed by atoms with Gasteiger partial charge in [-0.05, 0) is 116 Å². The summed E-state index contributed by atoms with van der Waals surface area (Å²) >= 11 is 0. The number of anilines is 6. The van der Waals surface area contributed by atoms with Crippen LogP contribution in [0.2, 0.25) is 0 Å². The summed E-state index contributed by atoms with van der Waals surface area (Å²) in [4.78, 5) is 4.72. The minimum absolute atomic E-state index is 0.0882. The fourth-order valence-corrected chi connectivity index (χ4v) is 7.68. The summed E-state index contributed by atoms with van der Waals surface area (Å²) in [6.07, 6.45) is 4.40. The molecule has 0 amide bonds. The molecule has 0 N–H and O–H groups in total. The van der Waals surface area contributed by atoms with Crippen LogP contribution in [0, 0.1) is 0 Å². The number of hydrogen-bond donors (Lipinski definition) is 0. The molecule has 9 aromatic rings. The predicted octanol–water partition coefficient (Wildman–Crippen LogP) is 15.6. The minimum Gasteiger partial charge on any atom is -0.310 e. The van der Waals surface area contributed by atoms with Gasteiger partial charge < -0.3 is 9.80 Å². The van der Waals surface area contributed by atoms with Crippen molar-refractivity contribution in [3.63, 3.8) is 0 Å². The van der Waals surface area contributed by atoms with Crippen molar-refractivity contribution in [2.75, 3.05) is 9.80 Å². The Balaban J connectivity index is 1.02. The van der Waals surface area contributed by atoms with Gasteiger partial charge in [-0.15, -0.1) is 0 Å². The molecule has 0 bridgehead atoms. The molecule has 0 aromatic heterocycles. The topological polar surface area (TPSA) is 6.48 Å². The third-order valence-corrected chi connectivity index (χ3v) is 10.8. The van der Waals surface area contributed by atoms with E-state index in [1.54, 1.807) is 0 Å². The standard InChI is InChI=1S/C54H44N2/c1-54(2,3)46-27-35-49(36-28-46)56(53-18-10-16-43-13-8-9-17-52(43)53)48-31-23-40(24-32-48)20-19-39-21-29-47(30-22-39)55(50-33-25-41-11-4-6-14-44(41)37-50)51-34-26-42-12-5-7-15-45(42)38-51/h4-38H,1-3H3. The number of rotatable bonds is 8. The molecule has 0 unspecified atom stereocenters. The second-order valence-corrected chi connectivity index (χ2v) is 15.5. The van der Waals surface area contributed by atoms with E-state index in [-0.39, 0.29) is 5.41 Å². The van der Waals surface area contributed by atoms with Crippen molar-refractivity contribution in [1.29, 1.82) is 0 Å². The first-order valence-corrected chi connectivity index (χ1v) is 19.4. The highest BCUT2D eigenvalue weighted by Gasteiger charge is 2.18. The van der Waals surface area contributed by atoms with E-state index in [1.165, 1.54) is 37.9 Å². The maximum absolute atomic E-state index is 2.37. The molecular formula is C54H44N2. The average molecular weight is 721 g/mol. The van der Waals surface area contributed by atoms with E-state index in [1.807, 2.05) is 0 Å². The van der Waals surface area contributed by atoms with Gasteiger partial charge in [0, 0.05) is 33.8 Å². The van der Waals surface area contributed by atoms with Gasteiger partial charge in [0.2, 0.25) is 0 Å². The van der Waals surface area contributed by atoms with Gasteiger partial charge in [0.25, 0.3) is 0 Å². The Morgan fingerprint density at radius 1 is 0.339 bits per heavy atom. The quantitative estimate of drug-likeness (QED) is 0.144. The summed E-state index contributed by atoms with van der Waals surface area (Å²) in [5.41, 5.74) is 10.5. The van der Waals surface area contributed by atoms with Crippen LogP contribution >= 0.6 is 0 Å². The molecule has 0 saturated heterocycles. The summed E-state index contributed by atoms with van der Waals surface area (Å²) < 4.78 is 0. The molecule has 0 aliphatic carbocycles.